The summed E-state index contributed by atoms with van der Waals surface area (Å²) in [6.45, 7) is 0.0254. The normalized spacial score (nSPS) is 11.1. The maximum absolute atomic E-state index is 12.5. The first-order valence-corrected chi connectivity index (χ1v) is 9.21. The third-order valence-electron chi connectivity index (χ3n) is 4.46. The molecule has 0 radical (unpaired) electrons. The van der Waals surface area contributed by atoms with Crippen LogP contribution in [0.25, 0.3) is 22.6 Å². The molecule has 2 heterocycles. The summed E-state index contributed by atoms with van der Waals surface area (Å²) in [5.74, 6) is 0.656. The van der Waals surface area contributed by atoms with Gasteiger partial charge in [-0.3, -0.25) is 9.78 Å². The van der Waals surface area contributed by atoms with E-state index in [2.05, 4.69) is 20.5 Å². The second kappa shape index (κ2) is 8.44. The fraction of sp³-hybridized carbons (Fsp3) is 0.0909. The lowest BCUT2D eigenvalue weighted by molar-refractivity contribution is -0.121. The highest BCUT2D eigenvalue weighted by atomic mass is 16.5. The maximum Gasteiger partial charge on any atom is 0.260 e. The van der Waals surface area contributed by atoms with Crippen molar-refractivity contribution >= 4 is 23.2 Å². The quantitative estimate of drug-likeness (QED) is 0.382. The van der Waals surface area contributed by atoms with Gasteiger partial charge in [0.25, 0.3) is 5.91 Å². The highest BCUT2D eigenvalue weighted by Gasteiger charge is 2.15. The van der Waals surface area contributed by atoms with Gasteiger partial charge in [-0.25, -0.2) is 10.4 Å². The Kier molecular flexibility index (Phi) is 5.38. The Morgan fingerprint density at radius 3 is 2.80 bits per heavy atom. The largest absolute Gasteiger partial charge is 0.504 e. The fourth-order valence-corrected chi connectivity index (χ4v) is 3.07. The van der Waals surface area contributed by atoms with E-state index in [-0.39, 0.29) is 18.2 Å². The average Bonchev–Trinajstić information content (AvgIpc) is 3.13. The molecule has 0 bridgehead atoms. The topological polar surface area (TPSA) is 102 Å². The second-order valence-corrected chi connectivity index (χ2v) is 6.45. The van der Waals surface area contributed by atoms with Crippen LogP contribution < -0.4 is 10.2 Å². The molecule has 1 amide bonds. The summed E-state index contributed by atoms with van der Waals surface area (Å²) in [5.41, 5.74) is 5.42. The SMILES string of the molecule is COc1ccc(/C=N/NC(=O)Cn2c(-c3ccccn3)nc3ccccc32)cc1O. The number of amides is 1. The van der Waals surface area contributed by atoms with Crippen molar-refractivity contribution in [1.82, 2.24) is 20.0 Å². The molecule has 0 fully saturated rings. The molecule has 8 nitrogen and oxygen atoms in total. The first kappa shape index (κ1) is 19.1. The van der Waals surface area contributed by atoms with E-state index in [1.54, 1.807) is 18.3 Å². The molecule has 0 unspecified atom stereocenters. The predicted molar refractivity (Wildman–Crippen MR) is 113 cm³/mol. The third-order valence-corrected chi connectivity index (χ3v) is 4.46. The highest BCUT2D eigenvalue weighted by molar-refractivity contribution is 5.85. The molecule has 150 valence electrons. The van der Waals surface area contributed by atoms with Gasteiger partial charge in [-0.05, 0) is 48.0 Å². The number of ether oxygens (including phenoxy) is 1. The van der Waals surface area contributed by atoms with E-state index in [0.29, 0.717) is 22.8 Å². The number of aromatic nitrogens is 3. The number of hydrazone groups is 1. The molecular weight excluding hydrogens is 382 g/mol. The molecule has 0 aliphatic rings. The molecule has 4 aromatic rings. The van der Waals surface area contributed by atoms with Crippen LogP contribution in [0.4, 0.5) is 0 Å². The number of carbonyl (C=O) groups is 1. The minimum atomic E-state index is -0.315. The molecule has 0 aliphatic carbocycles. The van der Waals surface area contributed by atoms with Gasteiger partial charge in [-0.2, -0.15) is 5.10 Å². The first-order valence-electron chi connectivity index (χ1n) is 9.21. The van der Waals surface area contributed by atoms with E-state index in [1.165, 1.54) is 19.4 Å². The number of hydrogen-bond donors (Lipinski definition) is 2. The van der Waals surface area contributed by atoms with Crippen molar-refractivity contribution in [2.75, 3.05) is 7.11 Å². The number of phenolic OH excluding ortho intramolecular Hbond substituents is 1. The number of carbonyl (C=O) groups excluding carboxylic acids is 1. The Hall–Kier alpha value is -4.20. The Balaban J connectivity index is 1.54. The van der Waals surface area contributed by atoms with E-state index in [0.717, 1.165) is 11.0 Å². The van der Waals surface area contributed by atoms with Crippen molar-refractivity contribution in [2.24, 2.45) is 5.10 Å². The Morgan fingerprint density at radius 2 is 2.03 bits per heavy atom. The Bertz CT molecular complexity index is 1220. The monoisotopic (exact) mass is 401 g/mol. The number of nitrogens with one attached hydrogen (secondary N) is 1. The van der Waals surface area contributed by atoms with Gasteiger partial charge in [-0.1, -0.05) is 18.2 Å². The number of methoxy groups -OCH3 is 1. The smallest absolute Gasteiger partial charge is 0.260 e. The lowest BCUT2D eigenvalue weighted by atomic mass is 10.2. The van der Waals surface area contributed by atoms with Crippen LogP contribution in [0, 0.1) is 0 Å². The highest BCUT2D eigenvalue weighted by Crippen LogP contribution is 2.25. The van der Waals surface area contributed by atoms with Gasteiger partial charge in [0.15, 0.2) is 17.3 Å². The van der Waals surface area contributed by atoms with E-state index < -0.39 is 0 Å². The molecule has 4 rings (SSSR count). The van der Waals surface area contributed by atoms with Gasteiger partial charge in [0.05, 0.1) is 24.4 Å². The number of rotatable bonds is 6. The molecule has 2 aromatic carbocycles. The van der Waals surface area contributed by atoms with Crippen LogP contribution in [-0.4, -0.2) is 38.9 Å². The molecule has 30 heavy (non-hydrogen) atoms. The van der Waals surface area contributed by atoms with Crippen LogP contribution in [0.15, 0.2) is 72.0 Å². The minimum absolute atomic E-state index is 0.00216. The summed E-state index contributed by atoms with van der Waals surface area (Å²) in [4.78, 5) is 21.5. The lowest BCUT2D eigenvalue weighted by Crippen LogP contribution is -2.23. The van der Waals surface area contributed by atoms with Crippen molar-refractivity contribution in [3.8, 4) is 23.0 Å². The van der Waals surface area contributed by atoms with Gasteiger partial charge in [0, 0.05) is 6.20 Å². The summed E-state index contributed by atoms with van der Waals surface area (Å²) in [5, 5.41) is 13.8. The zero-order valence-electron chi connectivity index (χ0n) is 16.2. The zero-order valence-corrected chi connectivity index (χ0v) is 16.2. The lowest BCUT2D eigenvalue weighted by Gasteiger charge is -2.08. The standard InChI is InChI=1S/C22H19N5O3/c1-30-20-10-9-15(12-19(20)28)13-24-26-21(29)14-27-18-8-3-2-6-16(18)25-22(27)17-7-4-5-11-23-17/h2-13,28H,14H2,1H3,(H,26,29)/b24-13+. The van der Waals surface area contributed by atoms with E-state index in [9.17, 15) is 9.90 Å². The van der Waals surface area contributed by atoms with E-state index in [4.69, 9.17) is 4.74 Å². The van der Waals surface area contributed by atoms with Gasteiger partial charge >= 0.3 is 0 Å². The van der Waals surface area contributed by atoms with Crippen LogP contribution in [0.3, 0.4) is 0 Å². The average molecular weight is 401 g/mol. The molecule has 0 saturated carbocycles. The predicted octanol–water partition coefficient (Wildman–Crippen LogP) is 2.96. The number of pyridine rings is 1. The van der Waals surface area contributed by atoms with Crippen LogP contribution in [-0.2, 0) is 11.3 Å². The van der Waals surface area contributed by atoms with Gasteiger partial charge < -0.3 is 14.4 Å². The second-order valence-electron chi connectivity index (χ2n) is 6.45. The molecule has 0 spiro atoms. The molecule has 2 aromatic heterocycles. The number of nitrogens with zero attached hydrogens (tertiary/aromatic N) is 4. The van der Waals surface area contributed by atoms with Crippen LogP contribution in [0.5, 0.6) is 11.5 Å². The zero-order chi connectivity index (χ0) is 20.9. The molecular formula is C22H19N5O3. The van der Waals surface area contributed by atoms with Gasteiger partial charge in [-0.15, -0.1) is 0 Å². The van der Waals surface area contributed by atoms with Crippen LogP contribution >= 0.6 is 0 Å². The summed E-state index contributed by atoms with van der Waals surface area (Å²) < 4.78 is 6.81. The molecule has 0 atom stereocenters. The van der Waals surface area contributed by atoms with Crippen molar-refractivity contribution in [2.45, 2.75) is 6.54 Å². The van der Waals surface area contributed by atoms with Gasteiger partial charge in [0.1, 0.15) is 12.2 Å². The number of imidazole rings is 1. The van der Waals surface area contributed by atoms with Crippen molar-refractivity contribution in [1.29, 1.82) is 0 Å². The number of benzene rings is 2. The number of phenols is 1. The molecule has 0 aliphatic heterocycles. The summed E-state index contributed by atoms with van der Waals surface area (Å²) in [6, 6.07) is 18.0. The fourth-order valence-electron chi connectivity index (χ4n) is 3.07. The van der Waals surface area contributed by atoms with E-state index in [1.807, 2.05) is 47.0 Å². The Morgan fingerprint density at radius 1 is 1.20 bits per heavy atom. The molecule has 0 saturated heterocycles. The van der Waals surface area contributed by atoms with Crippen LogP contribution in [0.2, 0.25) is 0 Å². The number of aromatic hydroxyl groups is 1. The molecule has 8 heteroatoms. The summed E-state index contributed by atoms with van der Waals surface area (Å²) in [7, 11) is 1.47. The van der Waals surface area contributed by atoms with Crippen molar-refractivity contribution < 1.29 is 14.6 Å². The summed E-state index contributed by atoms with van der Waals surface area (Å²) >= 11 is 0. The molecule has 2 N–H and O–H groups in total. The van der Waals surface area contributed by atoms with Crippen LogP contribution in [0.1, 0.15) is 5.56 Å². The maximum atomic E-state index is 12.5. The Labute approximate surface area is 172 Å². The number of para-hydroxylation sites is 2. The van der Waals surface area contributed by atoms with Crippen molar-refractivity contribution in [3.63, 3.8) is 0 Å². The summed E-state index contributed by atoms with van der Waals surface area (Å²) in [6.07, 6.45) is 3.14. The number of hydrogen-bond acceptors (Lipinski definition) is 6. The minimum Gasteiger partial charge on any atom is -0.504 e. The first-order chi connectivity index (χ1) is 14.7. The third kappa shape index (κ3) is 3.97. The number of fused-ring (bicyclic) bond motifs is 1. The van der Waals surface area contributed by atoms with Gasteiger partial charge in [0.2, 0.25) is 0 Å². The van der Waals surface area contributed by atoms with E-state index >= 15 is 0 Å². The van der Waals surface area contributed by atoms with Crippen molar-refractivity contribution in [3.05, 3.63) is 72.4 Å².